The van der Waals surface area contributed by atoms with Crippen molar-refractivity contribution in [1.29, 1.82) is 0 Å². The molecule has 2 rings (SSSR count). The summed E-state index contributed by atoms with van der Waals surface area (Å²) in [7, 11) is 0. The van der Waals surface area contributed by atoms with Crippen molar-refractivity contribution in [2.45, 2.75) is 30.2 Å². The summed E-state index contributed by atoms with van der Waals surface area (Å²) in [6.07, 6.45) is 3.67. The highest BCUT2D eigenvalue weighted by atomic mass is 79.9. The van der Waals surface area contributed by atoms with E-state index in [-0.39, 0.29) is 6.10 Å². The molecule has 52 valence electrons. The molecule has 2 aliphatic carbocycles. The van der Waals surface area contributed by atoms with Crippen LogP contribution < -0.4 is 0 Å². The maximum atomic E-state index is 9.33. The van der Waals surface area contributed by atoms with Crippen LogP contribution in [-0.4, -0.2) is 16.0 Å². The molecule has 0 spiro atoms. The summed E-state index contributed by atoms with van der Waals surface area (Å²) in [5.74, 6) is 1.66. The summed E-state index contributed by atoms with van der Waals surface area (Å²) in [6, 6.07) is 0. The van der Waals surface area contributed by atoms with Gasteiger partial charge in [-0.05, 0) is 31.1 Å². The summed E-state index contributed by atoms with van der Waals surface area (Å²) in [4.78, 5) is 0.413. The monoisotopic (exact) mass is 190 g/mol. The van der Waals surface area contributed by atoms with Crippen LogP contribution in [0.3, 0.4) is 0 Å². The van der Waals surface area contributed by atoms with Crippen LogP contribution in [0.15, 0.2) is 0 Å². The van der Waals surface area contributed by atoms with Crippen LogP contribution in [0.5, 0.6) is 0 Å². The lowest BCUT2D eigenvalue weighted by atomic mass is 9.76. The van der Waals surface area contributed by atoms with E-state index in [4.69, 9.17) is 0 Å². The van der Waals surface area contributed by atoms with Gasteiger partial charge in [0, 0.05) is 4.83 Å². The number of aliphatic hydroxyl groups is 1. The molecular weight excluding hydrogens is 180 g/mol. The van der Waals surface area contributed by atoms with Crippen LogP contribution in [0.4, 0.5) is 0 Å². The third-order valence-corrected chi connectivity index (χ3v) is 4.09. The van der Waals surface area contributed by atoms with Gasteiger partial charge in [-0.3, -0.25) is 0 Å². The molecule has 4 atom stereocenters. The van der Waals surface area contributed by atoms with Crippen molar-refractivity contribution in [3.05, 3.63) is 0 Å². The normalized spacial score (nSPS) is 56.7. The zero-order chi connectivity index (χ0) is 6.43. The first-order valence-electron chi connectivity index (χ1n) is 3.61. The second-order valence-corrected chi connectivity index (χ2v) is 4.31. The van der Waals surface area contributed by atoms with E-state index in [0.29, 0.717) is 4.83 Å². The maximum absolute atomic E-state index is 9.33. The molecule has 0 aromatic rings. The van der Waals surface area contributed by atoms with E-state index >= 15 is 0 Å². The first-order valence-corrected chi connectivity index (χ1v) is 4.53. The number of hydrogen-bond donors (Lipinski definition) is 1. The Morgan fingerprint density at radius 3 is 2.33 bits per heavy atom. The number of fused-ring (bicyclic) bond motifs is 1. The van der Waals surface area contributed by atoms with Gasteiger partial charge < -0.3 is 5.11 Å². The lowest BCUT2D eigenvalue weighted by molar-refractivity contribution is 0.184. The van der Waals surface area contributed by atoms with Crippen LogP contribution in [0.1, 0.15) is 19.3 Å². The summed E-state index contributed by atoms with van der Waals surface area (Å²) < 4.78 is 0. The Hall–Kier alpha value is 0.440. The van der Waals surface area contributed by atoms with Gasteiger partial charge in [-0.25, -0.2) is 0 Å². The Bertz CT molecular complexity index is 122. The van der Waals surface area contributed by atoms with Crippen LogP contribution in [0.2, 0.25) is 0 Å². The number of alkyl halides is 1. The van der Waals surface area contributed by atoms with E-state index in [0.717, 1.165) is 18.3 Å². The molecule has 0 aromatic carbocycles. The SMILES string of the molecule is OC1CC2CCC2C1Br. The van der Waals surface area contributed by atoms with Gasteiger partial charge in [-0.15, -0.1) is 0 Å². The van der Waals surface area contributed by atoms with Crippen molar-refractivity contribution in [3.63, 3.8) is 0 Å². The zero-order valence-electron chi connectivity index (χ0n) is 5.26. The van der Waals surface area contributed by atoms with E-state index in [1.54, 1.807) is 0 Å². The van der Waals surface area contributed by atoms with E-state index < -0.39 is 0 Å². The van der Waals surface area contributed by atoms with Gasteiger partial charge in [-0.1, -0.05) is 15.9 Å². The molecule has 0 bridgehead atoms. The third-order valence-electron chi connectivity index (χ3n) is 2.80. The fraction of sp³-hybridized carbons (Fsp3) is 1.00. The first-order chi connectivity index (χ1) is 4.29. The minimum Gasteiger partial charge on any atom is -0.392 e. The third kappa shape index (κ3) is 0.761. The summed E-state index contributed by atoms with van der Waals surface area (Å²) >= 11 is 3.51. The molecule has 0 aliphatic heterocycles. The molecule has 9 heavy (non-hydrogen) atoms. The second-order valence-electron chi connectivity index (χ2n) is 3.25. The van der Waals surface area contributed by atoms with E-state index in [1.165, 1.54) is 12.8 Å². The smallest absolute Gasteiger partial charge is 0.0670 e. The van der Waals surface area contributed by atoms with Crippen LogP contribution in [-0.2, 0) is 0 Å². The zero-order valence-corrected chi connectivity index (χ0v) is 6.84. The van der Waals surface area contributed by atoms with Gasteiger partial charge in [0.2, 0.25) is 0 Å². The highest BCUT2D eigenvalue weighted by Crippen LogP contribution is 2.49. The van der Waals surface area contributed by atoms with Crippen LogP contribution in [0.25, 0.3) is 0 Å². The molecule has 1 nitrogen and oxygen atoms in total. The van der Waals surface area contributed by atoms with Gasteiger partial charge in [0.1, 0.15) is 0 Å². The number of aliphatic hydroxyl groups excluding tert-OH is 1. The molecule has 2 heteroatoms. The Labute approximate surface area is 63.6 Å². The predicted octanol–water partition coefficient (Wildman–Crippen LogP) is 1.54. The van der Waals surface area contributed by atoms with Crippen molar-refractivity contribution in [3.8, 4) is 0 Å². The standard InChI is InChI=1S/C7H11BrO/c8-7-5-2-1-4(5)3-6(7)9/h4-7,9H,1-3H2. The Balaban J connectivity index is 2.07. The minimum atomic E-state index is -0.0532. The molecule has 0 amide bonds. The van der Waals surface area contributed by atoms with Crippen molar-refractivity contribution >= 4 is 15.9 Å². The van der Waals surface area contributed by atoms with Crippen molar-refractivity contribution in [1.82, 2.24) is 0 Å². The van der Waals surface area contributed by atoms with Gasteiger partial charge in [0.25, 0.3) is 0 Å². The molecular formula is C7H11BrO. The summed E-state index contributed by atoms with van der Waals surface area (Å²) in [5.41, 5.74) is 0. The maximum Gasteiger partial charge on any atom is 0.0670 e. The molecule has 2 fully saturated rings. The quantitative estimate of drug-likeness (QED) is 0.576. The fourth-order valence-corrected chi connectivity index (χ4v) is 2.94. The van der Waals surface area contributed by atoms with Crippen molar-refractivity contribution in [2.75, 3.05) is 0 Å². The first kappa shape index (κ1) is 6.17. The van der Waals surface area contributed by atoms with Crippen LogP contribution in [0, 0.1) is 11.8 Å². The van der Waals surface area contributed by atoms with Gasteiger partial charge >= 0.3 is 0 Å². The molecule has 1 N–H and O–H groups in total. The minimum absolute atomic E-state index is 0.0532. The highest BCUT2D eigenvalue weighted by Gasteiger charge is 2.46. The lowest BCUT2D eigenvalue weighted by Gasteiger charge is -2.31. The Kier molecular flexibility index (Phi) is 1.34. The average molecular weight is 191 g/mol. The summed E-state index contributed by atoms with van der Waals surface area (Å²) in [5, 5.41) is 9.33. The molecule has 0 aromatic heterocycles. The number of hydrogen-bond acceptors (Lipinski definition) is 1. The Morgan fingerprint density at radius 2 is 2.11 bits per heavy atom. The van der Waals surface area contributed by atoms with Gasteiger partial charge in [-0.2, -0.15) is 0 Å². The molecule has 2 saturated carbocycles. The van der Waals surface area contributed by atoms with Crippen LogP contribution >= 0.6 is 15.9 Å². The molecule has 0 saturated heterocycles. The fourth-order valence-electron chi connectivity index (χ4n) is 2.03. The lowest BCUT2D eigenvalue weighted by Crippen LogP contribution is -2.26. The topological polar surface area (TPSA) is 20.2 Å². The highest BCUT2D eigenvalue weighted by molar-refractivity contribution is 9.09. The molecule has 0 heterocycles. The Morgan fingerprint density at radius 1 is 1.33 bits per heavy atom. The molecule has 4 unspecified atom stereocenters. The average Bonchev–Trinajstić information content (AvgIpc) is 1.92. The number of halogens is 1. The van der Waals surface area contributed by atoms with E-state index in [9.17, 15) is 5.11 Å². The van der Waals surface area contributed by atoms with E-state index in [1.807, 2.05) is 0 Å². The number of rotatable bonds is 0. The molecule has 0 radical (unpaired) electrons. The van der Waals surface area contributed by atoms with E-state index in [2.05, 4.69) is 15.9 Å². The second kappa shape index (κ2) is 1.96. The largest absolute Gasteiger partial charge is 0.392 e. The predicted molar refractivity (Wildman–Crippen MR) is 39.6 cm³/mol. The van der Waals surface area contributed by atoms with Crippen molar-refractivity contribution in [2.24, 2.45) is 11.8 Å². The van der Waals surface area contributed by atoms with Crippen molar-refractivity contribution < 1.29 is 5.11 Å². The molecule has 2 aliphatic rings. The van der Waals surface area contributed by atoms with Gasteiger partial charge in [0.05, 0.1) is 6.10 Å². The van der Waals surface area contributed by atoms with Gasteiger partial charge in [0.15, 0.2) is 0 Å². The summed E-state index contributed by atoms with van der Waals surface area (Å²) in [6.45, 7) is 0.